The lowest BCUT2D eigenvalue weighted by Crippen LogP contribution is -2.15. The van der Waals surface area contributed by atoms with Gasteiger partial charge < -0.3 is 18.9 Å². The molecular weight excluding hydrogens is 416 g/mol. The summed E-state index contributed by atoms with van der Waals surface area (Å²) in [5.74, 6) is -2.67. The molecule has 0 bridgehead atoms. The van der Waals surface area contributed by atoms with Gasteiger partial charge in [-0.15, -0.1) is 13.2 Å². The van der Waals surface area contributed by atoms with Crippen LogP contribution in [-0.2, 0) is 38.1 Å². The fraction of sp³-hybridized carbons (Fsp3) is 0.333. The maximum atomic E-state index is 12.2. The second-order valence-corrected chi connectivity index (χ2v) is 6.30. The summed E-state index contributed by atoms with van der Waals surface area (Å²) in [6.07, 6.45) is 5.35. The summed E-state index contributed by atoms with van der Waals surface area (Å²) in [5.41, 5.74) is 0.208. The molecule has 0 spiro atoms. The molecule has 0 aliphatic heterocycles. The van der Waals surface area contributed by atoms with Gasteiger partial charge in [0.2, 0.25) is 0 Å². The lowest BCUT2D eigenvalue weighted by Gasteiger charge is -2.12. The van der Waals surface area contributed by atoms with Gasteiger partial charge in [-0.25, -0.2) is 9.59 Å². The van der Waals surface area contributed by atoms with Crippen molar-refractivity contribution in [2.75, 3.05) is 13.2 Å². The zero-order valence-corrected chi connectivity index (χ0v) is 18.6. The predicted molar refractivity (Wildman–Crippen MR) is 119 cm³/mol. The quantitative estimate of drug-likeness (QED) is 0.122. The van der Waals surface area contributed by atoms with Crippen molar-refractivity contribution in [2.24, 2.45) is 0 Å². The molecule has 0 aromatic rings. The van der Waals surface area contributed by atoms with E-state index in [-0.39, 0.29) is 61.6 Å². The third kappa shape index (κ3) is 10.9. The first-order valence-electron chi connectivity index (χ1n) is 9.80. The summed E-state index contributed by atoms with van der Waals surface area (Å²) < 4.78 is 20.3. The largest absolute Gasteiger partial charge is 0.458 e. The Morgan fingerprint density at radius 3 is 1.25 bits per heavy atom. The number of carbonyl (C=O) groups is 4. The number of carbonyl (C=O) groups excluding carboxylic acids is 4. The Bertz CT molecular complexity index is 746. The summed E-state index contributed by atoms with van der Waals surface area (Å²) in [4.78, 5) is 48.2. The molecule has 0 aromatic carbocycles. The van der Waals surface area contributed by atoms with Gasteiger partial charge in [0.15, 0.2) is 0 Å². The average Bonchev–Trinajstić information content (AvgIpc) is 2.77. The Balaban J connectivity index is 5.08. The van der Waals surface area contributed by atoms with Crippen LogP contribution in [0.5, 0.6) is 0 Å². The maximum absolute atomic E-state index is 12.2. The van der Waals surface area contributed by atoms with Crippen molar-refractivity contribution in [3.8, 4) is 0 Å². The molecular formula is C24H30O8. The lowest BCUT2D eigenvalue weighted by atomic mass is 10.2. The third-order valence-electron chi connectivity index (χ3n) is 3.78. The average molecular weight is 446 g/mol. The SMILES string of the molecule is C=CCOC(=O)C(C)=C(CC=C)OC(=O)CCC(=O)OC(CC=C)=C(C)C(=O)OCC=C. The second kappa shape index (κ2) is 16.1. The van der Waals surface area contributed by atoms with Gasteiger partial charge in [-0.3, -0.25) is 9.59 Å². The molecule has 0 saturated heterocycles. The zero-order valence-electron chi connectivity index (χ0n) is 18.6. The second-order valence-electron chi connectivity index (χ2n) is 6.30. The smallest absolute Gasteiger partial charge is 0.337 e. The highest BCUT2D eigenvalue weighted by Crippen LogP contribution is 2.17. The number of hydrogen-bond acceptors (Lipinski definition) is 8. The van der Waals surface area contributed by atoms with Crippen molar-refractivity contribution in [2.45, 2.75) is 39.5 Å². The molecule has 0 atom stereocenters. The van der Waals surface area contributed by atoms with Crippen LogP contribution in [0.2, 0.25) is 0 Å². The van der Waals surface area contributed by atoms with E-state index in [1.54, 1.807) is 0 Å². The summed E-state index contributed by atoms with van der Waals surface area (Å²) in [7, 11) is 0. The van der Waals surface area contributed by atoms with E-state index in [0.717, 1.165) is 0 Å². The molecule has 0 aromatic heterocycles. The minimum atomic E-state index is -0.744. The third-order valence-corrected chi connectivity index (χ3v) is 3.78. The Morgan fingerprint density at radius 2 is 0.969 bits per heavy atom. The molecule has 0 rings (SSSR count). The topological polar surface area (TPSA) is 105 Å². The molecule has 0 radical (unpaired) electrons. The van der Waals surface area contributed by atoms with E-state index in [0.29, 0.717) is 0 Å². The van der Waals surface area contributed by atoms with E-state index in [9.17, 15) is 19.2 Å². The first kappa shape index (κ1) is 28.3. The van der Waals surface area contributed by atoms with E-state index < -0.39 is 23.9 Å². The van der Waals surface area contributed by atoms with Crippen LogP contribution >= 0.6 is 0 Å². The predicted octanol–water partition coefficient (Wildman–Crippen LogP) is 4.01. The van der Waals surface area contributed by atoms with Crippen LogP contribution in [0.15, 0.2) is 73.3 Å². The Kier molecular flexibility index (Phi) is 14.2. The Hall–Kier alpha value is -3.68. The van der Waals surface area contributed by atoms with Gasteiger partial charge in [-0.2, -0.15) is 0 Å². The standard InChI is InChI=1S/C24H30O8/c1-7-11-19(17(5)23(27)29-15-9-3)31-21(25)13-14-22(26)32-20(12-8-2)18(6)24(28)30-16-10-4/h7-10H,1-4,11-16H2,5-6H3. The van der Waals surface area contributed by atoms with Gasteiger partial charge in [-0.05, 0) is 13.8 Å². The van der Waals surface area contributed by atoms with Gasteiger partial charge in [0, 0.05) is 12.8 Å². The molecule has 0 amide bonds. The Labute approximate surface area is 188 Å². The zero-order chi connectivity index (χ0) is 24.5. The fourth-order valence-electron chi connectivity index (χ4n) is 2.10. The van der Waals surface area contributed by atoms with Crippen LogP contribution in [0.4, 0.5) is 0 Å². The van der Waals surface area contributed by atoms with Crippen molar-refractivity contribution in [3.63, 3.8) is 0 Å². The number of hydrogen-bond donors (Lipinski definition) is 0. The summed E-state index contributed by atoms with van der Waals surface area (Å²) >= 11 is 0. The highest BCUT2D eigenvalue weighted by molar-refractivity contribution is 5.90. The number of rotatable bonds is 15. The number of allylic oxidation sites excluding steroid dienone is 2. The van der Waals surface area contributed by atoms with Gasteiger partial charge in [0.05, 0.1) is 24.0 Å². The molecule has 0 aliphatic carbocycles. The van der Waals surface area contributed by atoms with Crippen LogP contribution < -0.4 is 0 Å². The molecule has 0 N–H and O–H groups in total. The number of esters is 4. The summed E-state index contributed by atoms with van der Waals surface area (Å²) in [6.45, 7) is 17.0. The minimum absolute atomic E-state index is 0.0123. The van der Waals surface area contributed by atoms with Crippen LogP contribution in [0.25, 0.3) is 0 Å². The van der Waals surface area contributed by atoms with Crippen LogP contribution in [0.1, 0.15) is 39.5 Å². The summed E-state index contributed by atoms with van der Waals surface area (Å²) in [6, 6.07) is 0. The molecule has 8 heteroatoms. The first-order valence-corrected chi connectivity index (χ1v) is 9.80. The normalized spacial score (nSPS) is 11.7. The summed E-state index contributed by atoms with van der Waals surface area (Å²) in [5, 5.41) is 0. The molecule has 0 saturated carbocycles. The molecule has 0 heterocycles. The fourth-order valence-corrected chi connectivity index (χ4v) is 2.10. The van der Waals surface area contributed by atoms with Crippen molar-refractivity contribution >= 4 is 23.9 Å². The molecule has 0 aliphatic rings. The monoisotopic (exact) mass is 446 g/mol. The Morgan fingerprint density at radius 1 is 0.625 bits per heavy atom. The van der Waals surface area contributed by atoms with Crippen LogP contribution in [0.3, 0.4) is 0 Å². The van der Waals surface area contributed by atoms with E-state index in [1.165, 1.54) is 38.2 Å². The van der Waals surface area contributed by atoms with Crippen molar-refractivity contribution in [1.82, 2.24) is 0 Å². The highest BCUT2D eigenvalue weighted by atomic mass is 16.6. The van der Waals surface area contributed by atoms with E-state index in [4.69, 9.17) is 18.9 Å². The van der Waals surface area contributed by atoms with Crippen molar-refractivity contribution < 1.29 is 38.1 Å². The van der Waals surface area contributed by atoms with Gasteiger partial charge in [0.25, 0.3) is 0 Å². The van der Waals surface area contributed by atoms with Crippen LogP contribution in [-0.4, -0.2) is 37.1 Å². The molecule has 8 nitrogen and oxygen atoms in total. The lowest BCUT2D eigenvalue weighted by molar-refractivity contribution is -0.147. The van der Waals surface area contributed by atoms with E-state index >= 15 is 0 Å². The van der Waals surface area contributed by atoms with Crippen molar-refractivity contribution in [1.29, 1.82) is 0 Å². The molecule has 174 valence electrons. The molecule has 0 unspecified atom stereocenters. The highest BCUT2D eigenvalue weighted by Gasteiger charge is 2.19. The molecule has 32 heavy (non-hydrogen) atoms. The van der Waals surface area contributed by atoms with Gasteiger partial charge >= 0.3 is 23.9 Å². The first-order chi connectivity index (χ1) is 15.2. The van der Waals surface area contributed by atoms with Crippen LogP contribution in [0, 0.1) is 0 Å². The van der Waals surface area contributed by atoms with E-state index in [2.05, 4.69) is 26.3 Å². The van der Waals surface area contributed by atoms with Crippen molar-refractivity contribution in [3.05, 3.63) is 73.3 Å². The van der Waals surface area contributed by atoms with E-state index in [1.807, 2.05) is 0 Å². The molecule has 0 fully saturated rings. The van der Waals surface area contributed by atoms with Gasteiger partial charge in [-0.1, -0.05) is 37.5 Å². The number of ether oxygens (including phenoxy) is 4. The van der Waals surface area contributed by atoms with Gasteiger partial charge in [0.1, 0.15) is 24.7 Å². The minimum Gasteiger partial charge on any atom is -0.458 e. The maximum Gasteiger partial charge on any atom is 0.337 e.